The second-order valence-corrected chi connectivity index (χ2v) is 8.33. The van der Waals surface area contributed by atoms with Crippen molar-refractivity contribution in [2.45, 2.75) is 50.5 Å². The zero-order chi connectivity index (χ0) is 18.1. The predicted octanol–water partition coefficient (Wildman–Crippen LogP) is 3.15. The molecule has 2 fully saturated rings. The molecule has 0 bridgehead atoms. The van der Waals surface area contributed by atoms with Crippen LogP contribution >= 0.6 is 0 Å². The molecule has 5 heteroatoms. The number of phenols is 1. The first-order valence-electron chi connectivity index (χ1n) is 9.73. The zero-order valence-corrected chi connectivity index (χ0v) is 15.5. The second kappa shape index (κ2) is 5.26. The van der Waals surface area contributed by atoms with E-state index >= 15 is 0 Å². The van der Waals surface area contributed by atoms with Crippen LogP contribution in [0.25, 0.3) is 0 Å². The standard InChI is InChI=1S/C21H26N2O3/c1-3-20-8-5-10-23-11-9-21(19(20)23)14-6-4-7-15(24)16(14)22-17(21)13(12-20)18(25)26-2/h4,6-7,19,22,24H,3,5,8-12H2,1-2H3/t19-,20-,21-/m0/s1. The van der Waals surface area contributed by atoms with Gasteiger partial charge in [-0.25, -0.2) is 4.79 Å². The van der Waals surface area contributed by atoms with Crippen LogP contribution < -0.4 is 5.32 Å². The number of carbonyl (C=O) groups is 1. The molecule has 5 rings (SSSR count). The molecule has 0 saturated carbocycles. The average Bonchev–Trinajstić information content (AvgIpc) is 3.22. The maximum atomic E-state index is 12.8. The van der Waals surface area contributed by atoms with Crippen LogP contribution in [0.3, 0.4) is 0 Å². The van der Waals surface area contributed by atoms with Crippen molar-refractivity contribution < 1.29 is 14.6 Å². The third-order valence-corrected chi connectivity index (χ3v) is 7.51. The molecule has 26 heavy (non-hydrogen) atoms. The molecular weight excluding hydrogens is 328 g/mol. The van der Waals surface area contributed by atoms with Crippen LogP contribution in [0.1, 0.15) is 44.6 Å². The van der Waals surface area contributed by atoms with Crippen LogP contribution in [0.4, 0.5) is 5.69 Å². The minimum atomic E-state index is -0.230. The lowest BCUT2D eigenvalue weighted by atomic mass is 9.53. The van der Waals surface area contributed by atoms with Crippen molar-refractivity contribution in [3.05, 3.63) is 35.0 Å². The summed E-state index contributed by atoms with van der Waals surface area (Å²) in [6, 6.07) is 6.17. The van der Waals surface area contributed by atoms with E-state index in [1.807, 2.05) is 6.07 Å². The van der Waals surface area contributed by atoms with Gasteiger partial charge in [0.2, 0.25) is 0 Å². The number of nitrogens with one attached hydrogen (secondary N) is 1. The molecule has 2 saturated heterocycles. The number of carbonyl (C=O) groups excluding carboxylic acids is 1. The Kier molecular flexibility index (Phi) is 3.27. The Balaban J connectivity index is 1.83. The van der Waals surface area contributed by atoms with Gasteiger partial charge in [-0.05, 0) is 62.2 Å². The highest BCUT2D eigenvalue weighted by Gasteiger charge is 2.66. The molecule has 1 spiro atoms. The van der Waals surface area contributed by atoms with Gasteiger partial charge in [0.05, 0.1) is 23.8 Å². The van der Waals surface area contributed by atoms with Gasteiger partial charge in [0, 0.05) is 11.7 Å². The highest BCUT2D eigenvalue weighted by atomic mass is 16.5. The van der Waals surface area contributed by atoms with E-state index in [9.17, 15) is 9.90 Å². The lowest BCUT2D eigenvalue weighted by Crippen LogP contribution is -2.59. The fourth-order valence-electron chi connectivity index (χ4n) is 6.54. The van der Waals surface area contributed by atoms with Gasteiger partial charge in [-0.15, -0.1) is 0 Å². The molecule has 0 aromatic heterocycles. The molecule has 4 aliphatic rings. The van der Waals surface area contributed by atoms with E-state index in [0.717, 1.165) is 61.3 Å². The largest absolute Gasteiger partial charge is 0.506 e. The number of nitrogens with zero attached hydrogens (tertiary/aromatic N) is 1. The number of piperidine rings is 1. The summed E-state index contributed by atoms with van der Waals surface area (Å²) in [6.07, 6.45) is 5.13. The molecule has 0 amide bonds. The number of anilines is 1. The molecule has 3 aliphatic heterocycles. The lowest BCUT2D eigenvalue weighted by Gasteiger charge is -2.56. The van der Waals surface area contributed by atoms with E-state index in [4.69, 9.17) is 4.74 Å². The highest BCUT2D eigenvalue weighted by molar-refractivity contribution is 5.93. The highest BCUT2D eigenvalue weighted by Crippen LogP contribution is 2.66. The monoisotopic (exact) mass is 354 g/mol. The summed E-state index contributed by atoms with van der Waals surface area (Å²) in [5, 5.41) is 14.0. The van der Waals surface area contributed by atoms with Crippen LogP contribution in [0.2, 0.25) is 0 Å². The number of methoxy groups -OCH3 is 1. The van der Waals surface area contributed by atoms with Gasteiger partial charge in [-0.3, -0.25) is 4.90 Å². The van der Waals surface area contributed by atoms with E-state index in [0.29, 0.717) is 6.04 Å². The van der Waals surface area contributed by atoms with Crippen molar-refractivity contribution >= 4 is 11.7 Å². The molecule has 3 atom stereocenters. The van der Waals surface area contributed by atoms with E-state index in [1.54, 1.807) is 6.07 Å². The van der Waals surface area contributed by atoms with Crippen molar-refractivity contribution in [3.63, 3.8) is 0 Å². The van der Waals surface area contributed by atoms with Gasteiger partial charge >= 0.3 is 5.97 Å². The minimum absolute atomic E-state index is 0.0938. The molecule has 0 radical (unpaired) electrons. The zero-order valence-electron chi connectivity index (χ0n) is 15.5. The van der Waals surface area contributed by atoms with E-state index < -0.39 is 0 Å². The lowest BCUT2D eigenvalue weighted by molar-refractivity contribution is -0.137. The Bertz CT molecular complexity index is 833. The van der Waals surface area contributed by atoms with Gasteiger partial charge in [0.15, 0.2) is 0 Å². The number of hydrogen-bond donors (Lipinski definition) is 2. The van der Waals surface area contributed by atoms with E-state index in [1.165, 1.54) is 13.5 Å². The summed E-state index contributed by atoms with van der Waals surface area (Å²) < 4.78 is 5.19. The maximum Gasteiger partial charge on any atom is 0.335 e. The summed E-state index contributed by atoms with van der Waals surface area (Å²) in [4.78, 5) is 15.4. The molecule has 5 nitrogen and oxygen atoms in total. The van der Waals surface area contributed by atoms with E-state index in [-0.39, 0.29) is 22.5 Å². The molecule has 1 aromatic carbocycles. The predicted molar refractivity (Wildman–Crippen MR) is 99.0 cm³/mol. The Hall–Kier alpha value is -2.01. The van der Waals surface area contributed by atoms with Gasteiger partial charge in [0.25, 0.3) is 0 Å². The summed E-state index contributed by atoms with van der Waals surface area (Å²) in [5.41, 5.74) is 3.57. The second-order valence-electron chi connectivity index (χ2n) is 8.33. The number of esters is 1. The van der Waals surface area contributed by atoms with Crippen molar-refractivity contribution in [1.29, 1.82) is 0 Å². The molecule has 138 valence electrons. The molecule has 0 unspecified atom stereocenters. The smallest absolute Gasteiger partial charge is 0.335 e. The molecule has 1 aliphatic carbocycles. The van der Waals surface area contributed by atoms with Crippen LogP contribution in [0.15, 0.2) is 29.5 Å². The van der Waals surface area contributed by atoms with Crippen molar-refractivity contribution in [2.24, 2.45) is 5.41 Å². The first-order valence-corrected chi connectivity index (χ1v) is 9.73. The van der Waals surface area contributed by atoms with Crippen molar-refractivity contribution in [2.75, 3.05) is 25.5 Å². The van der Waals surface area contributed by atoms with Crippen molar-refractivity contribution in [3.8, 4) is 5.75 Å². The summed E-state index contributed by atoms with van der Waals surface area (Å²) >= 11 is 0. The topological polar surface area (TPSA) is 61.8 Å². The average molecular weight is 354 g/mol. The van der Waals surface area contributed by atoms with Crippen LogP contribution in [0, 0.1) is 5.41 Å². The van der Waals surface area contributed by atoms with Crippen LogP contribution in [-0.4, -0.2) is 42.2 Å². The van der Waals surface area contributed by atoms with Gasteiger partial charge < -0.3 is 15.2 Å². The molecule has 2 N–H and O–H groups in total. The number of ether oxygens (including phenoxy) is 1. The number of para-hydroxylation sites is 1. The number of benzene rings is 1. The number of phenolic OH excluding ortho intramolecular Hbond substituents is 1. The van der Waals surface area contributed by atoms with Crippen molar-refractivity contribution in [1.82, 2.24) is 4.90 Å². The Morgan fingerprint density at radius 2 is 2.23 bits per heavy atom. The number of rotatable bonds is 2. The summed E-state index contributed by atoms with van der Waals surface area (Å²) in [5.74, 6) is 0.0359. The summed E-state index contributed by atoms with van der Waals surface area (Å²) in [6.45, 7) is 4.44. The summed E-state index contributed by atoms with van der Waals surface area (Å²) in [7, 11) is 1.47. The Labute approximate surface area is 154 Å². The van der Waals surface area contributed by atoms with Crippen LogP contribution in [0.5, 0.6) is 5.75 Å². The SMILES string of the molecule is CC[C@]12CCCN3CC[C@]4(C(=C(C(=O)OC)C1)Nc1c(O)cccc14)[C@@H]32. The molecule has 1 aromatic rings. The quantitative estimate of drug-likeness (QED) is 0.631. The van der Waals surface area contributed by atoms with E-state index in [2.05, 4.69) is 23.2 Å². The fourth-order valence-corrected chi connectivity index (χ4v) is 6.54. The normalized spacial score (nSPS) is 34.8. The van der Waals surface area contributed by atoms with Gasteiger partial charge in [-0.2, -0.15) is 0 Å². The Morgan fingerprint density at radius 1 is 1.38 bits per heavy atom. The first-order chi connectivity index (χ1) is 12.6. The Morgan fingerprint density at radius 3 is 3.00 bits per heavy atom. The maximum absolute atomic E-state index is 12.8. The molecule has 3 heterocycles. The minimum Gasteiger partial charge on any atom is -0.506 e. The number of aromatic hydroxyl groups is 1. The third kappa shape index (κ3) is 1.72. The first kappa shape index (κ1) is 16.2. The van der Waals surface area contributed by atoms with Crippen LogP contribution in [-0.2, 0) is 14.9 Å². The van der Waals surface area contributed by atoms with Gasteiger partial charge in [0.1, 0.15) is 5.75 Å². The molecular formula is C21H26N2O3. The third-order valence-electron chi connectivity index (χ3n) is 7.51. The number of fused-ring (bicyclic) bond motifs is 1. The fraction of sp³-hybridized carbons (Fsp3) is 0.571. The van der Waals surface area contributed by atoms with Gasteiger partial charge in [-0.1, -0.05) is 19.1 Å². The number of hydrogen-bond acceptors (Lipinski definition) is 5.